The Kier molecular flexibility index (Phi) is 4.97. The first kappa shape index (κ1) is 15.9. The average Bonchev–Trinajstić information content (AvgIpc) is 2.84. The van der Waals surface area contributed by atoms with Crippen molar-refractivity contribution in [3.8, 4) is 0 Å². The van der Waals surface area contributed by atoms with Gasteiger partial charge in [-0.3, -0.25) is 4.79 Å². The third kappa shape index (κ3) is 4.03. The molecule has 0 saturated carbocycles. The molecule has 1 saturated heterocycles. The molecule has 2 rings (SSSR count). The van der Waals surface area contributed by atoms with Crippen molar-refractivity contribution in [2.75, 3.05) is 13.7 Å². The van der Waals surface area contributed by atoms with Crippen LogP contribution in [0.1, 0.15) is 18.9 Å². The summed E-state index contributed by atoms with van der Waals surface area (Å²) < 4.78 is 37.1. The molecule has 1 aliphatic rings. The molecule has 2 unspecified atom stereocenters. The Hall–Kier alpha value is -1.44. The maximum absolute atomic E-state index is 12.3. The van der Waals surface area contributed by atoms with E-state index < -0.39 is 10.0 Å². The van der Waals surface area contributed by atoms with E-state index in [0.29, 0.717) is 18.6 Å². The minimum absolute atomic E-state index is 0.123. The first-order valence-corrected chi connectivity index (χ1v) is 8.20. The lowest BCUT2D eigenvalue weighted by atomic mass is 10.2. The highest BCUT2D eigenvalue weighted by Gasteiger charge is 2.29. The molecule has 21 heavy (non-hydrogen) atoms. The van der Waals surface area contributed by atoms with Crippen molar-refractivity contribution >= 4 is 16.0 Å². The van der Waals surface area contributed by atoms with Crippen LogP contribution in [0.25, 0.3) is 0 Å². The largest absolute Gasteiger partial charge is 0.469 e. The maximum atomic E-state index is 12.3. The van der Waals surface area contributed by atoms with Crippen LogP contribution in [0.5, 0.6) is 0 Å². The fourth-order valence-electron chi connectivity index (χ4n) is 2.18. The fourth-order valence-corrected chi connectivity index (χ4v) is 3.52. The minimum atomic E-state index is -3.57. The molecule has 1 heterocycles. The Labute approximate surface area is 124 Å². The van der Waals surface area contributed by atoms with E-state index >= 15 is 0 Å². The average molecular weight is 313 g/mol. The van der Waals surface area contributed by atoms with Crippen molar-refractivity contribution < 1.29 is 22.7 Å². The summed E-state index contributed by atoms with van der Waals surface area (Å²) in [5, 5.41) is 0. The molecular weight excluding hydrogens is 294 g/mol. The second-order valence-electron chi connectivity index (χ2n) is 4.99. The number of carbonyl (C=O) groups excluding carboxylic acids is 1. The number of hydrogen-bond donors (Lipinski definition) is 1. The van der Waals surface area contributed by atoms with Crippen molar-refractivity contribution in [1.82, 2.24) is 4.72 Å². The Morgan fingerprint density at radius 3 is 2.57 bits per heavy atom. The van der Waals surface area contributed by atoms with Crippen LogP contribution >= 0.6 is 0 Å². The number of hydrogen-bond acceptors (Lipinski definition) is 5. The lowest BCUT2D eigenvalue weighted by molar-refractivity contribution is -0.139. The molecule has 1 aromatic carbocycles. The quantitative estimate of drug-likeness (QED) is 0.815. The predicted octanol–water partition coefficient (Wildman–Crippen LogP) is 0.858. The number of esters is 1. The molecule has 1 fully saturated rings. The Bertz CT molecular complexity index is 596. The zero-order valence-corrected chi connectivity index (χ0v) is 12.9. The molecule has 0 bridgehead atoms. The van der Waals surface area contributed by atoms with Crippen molar-refractivity contribution in [3.05, 3.63) is 29.8 Å². The summed E-state index contributed by atoms with van der Waals surface area (Å²) in [6.07, 6.45) is 0.664. The number of ether oxygens (including phenoxy) is 2. The predicted molar refractivity (Wildman–Crippen MR) is 76.3 cm³/mol. The van der Waals surface area contributed by atoms with Crippen molar-refractivity contribution in [3.63, 3.8) is 0 Å². The van der Waals surface area contributed by atoms with Crippen LogP contribution in [0.3, 0.4) is 0 Å². The van der Waals surface area contributed by atoms with Crippen molar-refractivity contribution in [1.29, 1.82) is 0 Å². The van der Waals surface area contributed by atoms with Gasteiger partial charge in [-0.05, 0) is 31.0 Å². The van der Waals surface area contributed by atoms with Gasteiger partial charge >= 0.3 is 5.97 Å². The molecule has 0 spiro atoms. The van der Waals surface area contributed by atoms with Gasteiger partial charge in [-0.25, -0.2) is 13.1 Å². The number of methoxy groups -OCH3 is 1. The number of nitrogens with one attached hydrogen (secondary N) is 1. The summed E-state index contributed by atoms with van der Waals surface area (Å²) in [5.41, 5.74) is 0.707. The summed E-state index contributed by atoms with van der Waals surface area (Å²) in [6, 6.07) is 5.99. The molecule has 1 N–H and O–H groups in total. The van der Waals surface area contributed by atoms with Gasteiger partial charge in [-0.2, -0.15) is 0 Å². The van der Waals surface area contributed by atoms with Gasteiger partial charge in [0.05, 0.1) is 30.6 Å². The van der Waals surface area contributed by atoms with E-state index in [4.69, 9.17) is 4.74 Å². The van der Waals surface area contributed by atoms with E-state index in [-0.39, 0.29) is 29.4 Å². The van der Waals surface area contributed by atoms with Crippen LogP contribution in [0, 0.1) is 0 Å². The monoisotopic (exact) mass is 313 g/mol. The molecule has 7 heteroatoms. The molecule has 0 aliphatic carbocycles. The highest BCUT2D eigenvalue weighted by molar-refractivity contribution is 7.89. The maximum Gasteiger partial charge on any atom is 0.309 e. The number of carbonyl (C=O) groups is 1. The van der Waals surface area contributed by atoms with Crippen molar-refractivity contribution in [2.24, 2.45) is 0 Å². The molecule has 0 amide bonds. The highest BCUT2D eigenvalue weighted by Crippen LogP contribution is 2.17. The summed E-state index contributed by atoms with van der Waals surface area (Å²) in [6.45, 7) is 2.41. The second-order valence-corrected chi connectivity index (χ2v) is 6.70. The summed E-state index contributed by atoms with van der Waals surface area (Å²) >= 11 is 0. The Balaban J connectivity index is 2.08. The van der Waals surface area contributed by atoms with E-state index in [1.54, 1.807) is 12.1 Å². The summed E-state index contributed by atoms with van der Waals surface area (Å²) in [4.78, 5) is 11.3. The van der Waals surface area contributed by atoms with Gasteiger partial charge < -0.3 is 9.47 Å². The molecular formula is C14H19NO5S. The van der Waals surface area contributed by atoms with Gasteiger partial charge in [0.15, 0.2) is 0 Å². The van der Waals surface area contributed by atoms with Crippen molar-refractivity contribution in [2.45, 2.75) is 36.8 Å². The topological polar surface area (TPSA) is 81.7 Å². The zero-order chi connectivity index (χ0) is 15.5. The number of benzene rings is 1. The minimum Gasteiger partial charge on any atom is -0.469 e. The van der Waals surface area contributed by atoms with Crippen LogP contribution in [-0.2, 0) is 30.7 Å². The molecule has 1 aromatic rings. The van der Waals surface area contributed by atoms with E-state index in [2.05, 4.69) is 9.46 Å². The van der Waals surface area contributed by atoms with Crippen LogP contribution in [0.15, 0.2) is 29.2 Å². The molecule has 116 valence electrons. The van der Waals surface area contributed by atoms with E-state index in [1.165, 1.54) is 19.2 Å². The second kappa shape index (κ2) is 6.55. The first-order valence-electron chi connectivity index (χ1n) is 6.72. The first-order chi connectivity index (χ1) is 9.92. The number of rotatable bonds is 5. The highest BCUT2D eigenvalue weighted by atomic mass is 32.2. The third-order valence-corrected chi connectivity index (χ3v) is 5.00. The van der Waals surface area contributed by atoms with E-state index in [0.717, 1.165) is 0 Å². The van der Waals surface area contributed by atoms with Gasteiger partial charge in [0.25, 0.3) is 0 Å². The van der Waals surface area contributed by atoms with Crippen LogP contribution in [0.2, 0.25) is 0 Å². The summed E-state index contributed by atoms with van der Waals surface area (Å²) in [5.74, 6) is -0.360. The van der Waals surface area contributed by atoms with Gasteiger partial charge in [-0.15, -0.1) is 0 Å². The number of sulfonamides is 1. The van der Waals surface area contributed by atoms with E-state index in [1.807, 2.05) is 6.92 Å². The molecule has 0 radical (unpaired) electrons. The van der Waals surface area contributed by atoms with Crippen LogP contribution in [-0.4, -0.2) is 40.2 Å². The standard InChI is InChI=1S/C14H19NO5S/c1-10-13(7-8-20-10)15-21(17,18)12-5-3-11(4-6-12)9-14(16)19-2/h3-6,10,13,15H,7-9H2,1-2H3. The smallest absolute Gasteiger partial charge is 0.309 e. The molecule has 1 aliphatic heterocycles. The van der Waals surface area contributed by atoms with Gasteiger partial charge in [0.2, 0.25) is 10.0 Å². The fraction of sp³-hybridized carbons (Fsp3) is 0.500. The SMILES string of the molecule is COC(=O)Cc1ccc(S(=O)(=O)NC2CCOC2C)cc1. The van der Waals surface area contributed by atoms with Crippen LogP contribution < -0.4 is 4.72 Å². The van der Waals surface area contributed by atoms with Gasteiger partial charge in [0, 0.05) is 6.61 Å². The Morgan fingerprint density at radius 2 is 2.05 bits per heavy atom. The Morgan fingerprint density at radius 1 is 1.38 bits per heavy atom. The molecule has 6 nitrogen and oxygen atoms in total. The molecule has 2 atom stereocenters. The lowest BCUT2D eigenvalue weighted by Crippen LogP contribution is -2.39. The third-order valence-electron chi connectivity index (χ3n) is 3.49. The van der Waals surface area contributed by atoms with Gasteiger partial charge in [-0.1, -0.05) is 12.1 Å². The van der Waals surface area contributed by atoms with Crippen LogP contribution in [0.4, 0.5) is 0 Å². The van der Waals surface area contributed by atoms with Gasteiger partial charge in [0.1, 0.15) is 0 Å². The zero-order valence-electron chi connectivity index (χ0n) is 12.0. The normalized spacial score (nSPS) is 22.2. The summed E-state index contributed by atoms with van der Waals surface area (Å²) in [7, 11) is -2.26. The van der Waals surface area contributed by atoms with E-state index in [9.17, 15) is 13.2 Å². The lowest BCUT2D eigenvalue weighted by Gasteiger charge is -2.16. The molecule has 0 aromatic heterocycles.